The van der Waals surface area contributed by atoms with Gasteiger partial charge in [0.2, 0.25) is 0 Å². The van der Waals surface area contributed by atoms with E-state index in [4.69, 9.17) is 9.97 Å². The molecule has 3 nitrogen and oxygen atoms in total. The van der Waals surface area contributed by atoms with Crippen LogP contribution >= 0.6 is 11.3 Å². The lowest BCUT2D eigenvalue weighted by Gasteiger charge is -2.11. The second-order valence-electron chi connectivity index (χ2n) is 12.9. The van der Waals surface area contributed by atoms with Gasteiger partial charge in [0.05, 0.1) is 32.2 Å². The van der Waals surface area contributed by atoms with Gasteiger partial charge in [-0.2, -0.15) is 0 Å². The summed E-state index contributed by atoms with van der Waals surface area (Å²) < 4.78 is 2.37. The van der Waals surface area contributed by atoms with Gasteiger partial charge < -0.3 is 4.57 Å². The Morgan fingerprint density at radius 3 is 1.42 bits per heavy atom. The van der Waals surface area contributed by atoms with Gasteiger partial charge >= 0.3 is 0 Å². The Labute approximate surface area is 305 Å². The molecule has 0 saturated carbocycles. The molecule has 7 aromatic carbocycles. The number of benzene rings is 7. The molecular weight excluding hydrogens is 651 g/mol. The van der Waals surface area contributed by atoms with Crippen molar-refractivity contribution >= 4 is 44.2 Å². The topological polar surface area (TPSA) is 30.7 Å². The van der Waals surface area contributed by atoms with Gasteiger partial charge in [-0.3, -0.25) is 0 Å². The molecule has 0 aliphatic carbocycles. The molecule has 3 aromatic heterocycles. The number of aromatic nitrogens is 3. The van der Waals surface area contributed by atoms with Gasteiger partial charge in [0.25, 0.3) is 0 Å². The third-order valence-electron chi connectivity index (χ3n) is 9.83. The van der Waals surface area contributed by atoms with Crippen molar-refractivity contribution in [1.82, 2.24) is 14.5 Å². The molecule has 0 aliphatic rings. The third-order valence-corrected chi connectivity index (χ3v) is 11.1. The van der Waals surface area contributed by atoms with Gasteiger partial charge in [-0.1, -0.05) is 164 Å². The van der Waals surface area contributed by atoms with E-state index in [1.807, 2.05) is 12.1 Å². The Balaban J connectivity index is 1.16. The fraction of sp³-hybridized carbons (Fsp3) is 0. The van der Waals surface area contributed by atoms with Crippen LogP contribution < -0.4 is 0 Å². The number of hydrogen-bond acceptors (Lipinski definition) is 3. The van der Waals surface area contributed by atoms with E-state index in [-0.39, 0.29) is 0 Å². The summed E-state index contributed by atoms with van der Waals surface area (Å²) in [6, 6.07) is 66.4. The summed E-state index contributed by atoms with van der Waals surface area (Å²) in [5.74, 6) is 0. The first kappa shape index (κ1) is 30.2. The summed E-state index contributed by atoms with van der Waals surface area (Å²) in [6.45, 7) is 0. The maximum Gasteiger partial charge on any atom is 0.109 e. The molecular formula is C48H31N3S. The molecule has 0 atom stereocenters. The van der Waals surface area contributed by atoms with Gasteiger partial charge in [0.15, 0.2) is 0 Å². The molecule has 10 aromatic rings. The standard InChI is InChI=1S/C48H31N3S/c1-5-16-33(17-6-1)43-44(34-18-7-2-8-19-34)50-46-45(49-43)47(35-20-9-3-10-21-35)52-48(46)36-30-28-32(29-31-36)38-25-15-27-41-42(38)39-24-13-14-26-40(39)51(41)37-22-11-4-12-23-37/h1-31H. The molecule has 0 unspecified atom stereocenters. The lowest BCUT2D eigenvalue weighted by atomic mass is 9.98. The van der Waals surface area contributed by atoms with Gasteiger partial charge in [-0.05, 0) is 46.5 Å². The Bertz CT molecular complexity index is 2860. The highest BCUT2D eigenvalue weighted by molar-refractivity contribution is 7.20. The highest BCUT2D eigenvalue weighted by Gasteiger charge is 2.22. The van der Waals surface area contributed by atoms with Crippen LogP contribution in [0.5, 0.6) is 0 Å². The number of nitrogens with zero attached hydrogens (tertiary/aromatic N) is 3. The second kappa shape index (κ2) is 12.6. The van der Waals surface area contributed by atoms with Crippen LogP contribution in [-0.2, 0) is 0 Å². The van der Waals surface area contributed by atoms with Gasteiger partial charge in [-0.25, -0.2) is 9.97 Å². The van der Waals surface area contributed by atoms with E-state index >= 15 is 0 Å². The molecule has 0 saturated heterocycles. The van der Waals surface area contributed by atoms with Gasteiger partial charge in [0.1, 0.15) is 11.0 Å². The quantitative estimate of drug-likeness (QED) is 0.175. The lowest BCUT2D eigenvalue weighted by molar-refractivity contribution is 1.18. The predicted octanol–water partition coefficient (Wildman–Crippen LogP) is 13.1. The van der Waals surface area contributed by atoms with Crippen molar-refractivity contribution in [2.75, 3.05) is 0 Å². The van der Waals surface area contributed by atoms with E-state index in [2.05, 4.69) is 180 Å². The normalized spacial score (nSPS) is 11.5. The average molecular weight is 682 g/mol. The third kappa shape index (κ3) is 5.04. The molecule has 0 amide bonds. The molecule has 0 spiro atoms. The maximum atomic E-state index is 5.48. The molecule has 10 rings (SSSR count). The Hall–Kier alpha value is -6.62. The molecule has 0 radical (unpaired) electrons. The van der Waals surface area contributed by atoms with E-state index in [0.717, 1.165) is 60.1 Å². The van der Waals surface area contributed by atoms with Crippen LogP contribution in [0, 0.1) is 0 Å². The molecule has 4 heteroatoms. The van der Waals surface area contributed by atoms with Crippen molar-refractivity contribution in [1.29, 1.82) is 0 Å². The van der Waals surface area contributed by atoms with Crippen molar-refractivity contribution < 1.29 is 0 Å². The second-order valence-corrected chi connectivity index (χ2v) is 14.0. The van der Waals surface area contributed by atoms with Crippen LogP contribution in [0.25, 0.3) is 93.0 Å². The van der Waals surface area contributed by atoms with Crippen LogP contribution in [0.1, 0.15) is 0 Å². The summed E-state index contributed by atoms with van der Waals surface area (Å²) in [5.41, 5.74) is 13.9. The van der Waals surface area contributed by atoms with Crippen molar-refractivity contribution in [2.45, 2.75) is 0 Å². The van der Waals surface area contributed by atoms with Crippen molar-refractivity contribution in [3.63, 3.8) is 0 Å². The van der Waals surface area contributed by atoms with E-state index in [0.29, 0.717) is 0 Å². The zero-order valence-corrected chi connectivity index (χ0v) is 29.0. The number of rotatable bonds is 6. The first-order valence-electron chi connectivity index (χ1n) is 17.5. The van der Waals surface area contributed by atoms with E-state index in [9.17, 15) is 0 Å². The molecule has 52 heavy (non-hydrogen) atoms. The van der Waals surface area contributed by atoms with Crippen molar-refractivity contribution in [3.8, 4) is 60.2 Å². The number of para-hydroxylation sites is 2. The van der Waals surface area contributed by atoms with Crippen molar-refractivity contribution in [3.05, 3.63) is 188 Å². The molecule has 0 N–H and O–H groups in total. The Kier molecular flexibility index (Phi) is 7.33. The number of fused-ring (bicyclic) bond motifs is 4. The first-order valence-corrected chi connectivity index (χ1v) is 18.3. The zero-order chi connectivity index (χ0) is 34.4. The summed E-state index contributed by atoms with van der Waals surface area (Å²) in [5, 5.41) is 2.50. The summed E-state index contributed by atoms with van der Waals surface area (Å²) in [6.07, 6.45) is 0. The minimum absolute atomic E-state index is 0.885. The fourth-order valence-electron chi connectivity index (χ4n) is 7.44. The zero-order valence-electron chi connectivity index (χ0n) is 28.1. The number of thiophene rings is 1. The Morgan fingerprint density at radius 1 is 0.365 bits per heavy atom. The van der Waals surface area contributed by atoms with Crippen LogP contribution in [0.2, 0.25) is 0 Å². The molecule has 0 bridgehead atoms. The van der Waals surface area contributed by atoms with Gasteiger partial charge in [-0.15, -0.1) is 11.3 Å². The predicted molar refractivity (Wildman–Crippen MR) is 219 cm³/mol. The summed E-state index contributed by atoms with van der Waals surface area (Å²) in [4.78, 5) is 13.2. The van der Waals surface area contributed by atoms with Crippen molar-refractivity contribution in [2.24, 2.45) is 0 Å². The largest absolute Gasteiger partial charge is 0.309 e. The van der Waals surface area contributed by atoms with E-state index < -0.39 is 0 Å². The number of hydrogen-bond donors (Lipinski definition) is 0. The molecule has 244 valence electrons. The van der Waals surface area contributed by atoms with Crippen LogP contribution in [0.3, 0.4) is 0 Å². The SMILES string of the molecule is c1ccc(-c2nc3c(-c4ccccc4)sc(-c4ccc(-c5cccc6c5c5ccccc5n6-c5ccccc5)cc4)c3nc2-c2ccccc2)cc1. The first-order chi connectivity index (χ1) is 25.8. The smallest absolute Gasteiger partial charge is 0.109 e. The molecule has 0 fully saturated rings. The maximum absolute atomic E-state index is 5.48. The molecule has 0 aliphatic heterocycles. The Morgan fingerprint density at radius 2 is 0.827 bits per heavy atom. The summed E-state index contributed by atoms with van der Waals surface area (Å²) in [7, 11) is 0. The summed E-state index contributed by atoms with van der Waals surface area (Å²) >= 11 is 1.77. The van der Waals surface area contributed by atoms with Crippen LogP contribution in [0.4, 0.5) is 0 Å². The monoisotopic (exact) mass is 681 g/mol. The minimum atomic E-state index is 0.885. The highest BCUT2D eigenvalue weighted by Crippen LogP contribution is 2.46. The highest BCUT2D eigenvalue weighted by atomic mass is 32.1. The lowest BCUT2D eigenvalue weighted by Crippen LogP contribution is -1.95. The van der Waals surface area contributed by atoms with Gasteiger partial charge in [0, 0.05) is 27.6 Å². The van der Waals surface area contributed by atoms with Crippen LogP contribution in [-0.4, -0.2) is 14.5 Å². The van der Waals surface area contributed by atoms with Crippen LogP contribution in [0.15, 0.2) is 188 Å². The molecule has 3 heterocycles. The van der Waals surface area contributed by atoms with E-state index in [1.165, 1.54) is 32.9 Å². The minimum Gasteiger partial charge on any atom is -0.309 e. The van der Waals surface area contributed by atoms with E-state index in [1.54, 1.807) is 11.3 Å². The fourth-order valence-corrected chi connectivity index (χ4v) is 8.63. The average Bonchev–Trinajstić information content (AvgIpc) is 3.78.